The number of hydrogen-bond acceptors (Lipinski definition) is 2. The summed E-state index contributed by atoms with van der Waals surface area (Å²) in [6.45, 7) is 4.65. The summed E-state index contributed by atoms with van der Waals surface area (Å²) in [4.78, 5) is 24.7. The van der Waals surface area contributed by atoms with E-state index in [0.29, 0.717) is 13.0 Å². The van der Waals surface area contributed by atoms with Crippen LogP contribution in [-0.2, 0) is 16.0 Å². The molecule has 1 rings (SSSR count). The second-order valence-corrected chi connectivity index (χ2v) is 4.80. The van der Waals surface area contributed by atoms with E-state index in [9.17, 15) is 9.59 Å². The standard InChI is InChI=1S/C15H22N2O2/c1-3-4-9-17(11-14(16)18)15(19)10-13-7-5-12(2)6-8-13/h5-8H,3-4,9-11H2,1-2H3,(H2,16,18). The number of carbonyl (C=O) groups is 2. The van der Waals surface area contributed by atoms with Crippen molar-refractivity contribution >= 4 is 11.8 Å². The van der Waals surface area contributed by atoms with Gasteiger partial charge in [0.05, 0.1) is 13.0 Å². The van der Waals surface area contributed by atoms with Gasteiger partial charge in [0.2, 0.25) is 11.8 Å². The zero-order chi connectivity index (χ0) is 14.3. The third-order valence-electron chi connectivity index (χ3n) is 2.96. The number of benzene rings is 1. The fourth-order valence-electron chi connectivity index (χ4n) is 1.82. The number of nitrogens with two attached hydrogens (primary N) is 1. The van der Waals surface area contributed by atoms with Gasteiger partial charge < -0.3 is 10.6 Å². The van der Waals surface area contributed by atoms with Crippen LogP contribution in [0.15, 0.2) is 24.3 Å². The first-order valence-electron chi connectivity index (χ1n) is 6.64. The Hall–Kier alpha value is -1.84. The zero-order valence-electron chi connectivity index (χ0n) is 11.7. The van der Waals surface area contributed by atoms with Gasteiger partial charge in [0.25, 0.3) is 0 Å². The lowest BCUT2D eigenvalue weighted by atomic mass is 10.1. The molecule has 1 aromatic carbocycles. The van der Waals surface area contributed by atoms with Crippen LogP contribution >= 0.6 is 0 Å². The molecular weight excluding hydrogens is 240 g/mol. The Morgan fingerprint density at radius 2 is 1.84 bits per heavy atom. The lowest BCUT2D eigenvalue weighted by Crippen LogP contribution is -2.39. The van der Waals surface area contributed by atoms with Gasteiger partial charge >= 0.3 is 0 Å². The molecule has 0 radical (unpaired) electrons. The first-order valence-corrected chi connectivity index (χ1v) is 6.64. The van der Waals surface area contributed by atoms with Crippen molar-refractivity contribution in [1.82, 2.24) is 4.90 Å². The van der Waals surface area contributed by atoms with Gasteiger partial charge in [-0.1, -0.05) is 43.2 Å². The van der Waals surface area contributed by atoms with Crippen molar-refractivity contribution < 1.29 is 9.59 Å². The Labute approximate surface area is 114 Å². The first kappa shape index (κ1) is 15.2. The molecule has 4 heteroatoms. The highest BCUT2D eigenvalue weighted by Crippen LogP contribution is 2.06. The van der Waals surface area contributed by atoms with Crippen LogP contribution in [0.4, 0.5) is 0 Å². The third-order valence-corrected chi connectivity index (χ3v) is 2.96. The van der Waals surface area contributed by atoms with E-state index in [2.05, 4.69) is 0 Å². The highest BCUT2D eigenvalue weighted by Gasteiger charge is 2.15. The van der Waals surface area contributed by atoms with Crippen LogP contribution in [0, 0.1) is 6.92 Å². The minimum atomic E-state index is -0.464. The molecule has 0 aliphatic carbocycles. The molecule has 2 amide bonds. The van der Waals surface area contributed by atoms with Gasteiger partial charge in [-0.25, -0.2) is 0 Å². The molecule has 0 spiro atoms. The Morgan fingerprint density at radius 1 is 1.21 bits per heavy atom. The molecule has 4 nitrogen and oxygen atoms in total. The number of hydrogen-bond donors (Lipinski definition) is 1. The molecule has 0 aliphatic rings. The second-order valence-electron chi connectivity index (χ2n) is 4.80. The Balaban J connectivity index is 2.64. The third kappa shape index (κ3) is 5.55. The molecule has 104 valence electrons. The van der Waals surface area contributed by atoms with Gasteiger partial charge in [0, 0.05) is 6.54 Å². The van der Waals surface area contributed by atoms with E-state index in [4.69, 9.17) is 5.73 Å². The van der Waals surface area contributed by atoms with Crippen LogP contribution in [0.25, 0.3) is 0 Å². The minimum Gasteiger partial charge on any atom is -0.368 e. The van der Waals surface area contributed by atoms with Crippen LogP contribution in [0.2, 0.25) is 0 Å². The van der Waals surface area contributed by atoms with Crippen molar-refractivity contribution in [3.63, 3.8) is 0 Å². The smallest absolute Gasteiger partial charge is 0.237 e. The lowest BCUT2D eigenvalue weighted by molar-refractivity contribution is -0.134. The van der Waals surface area contributed by atoms with E-state index >= 15 is 0 Å². The maximum atomic E-state index is 12.2. The summed E-state index contributed by atoms with van der Waals surface area (Å²) in [5, 5.41) is 0. The van der Waals surface area contributed by atoms with Gasteiger partial charge in [-0.15, -0.1) is 0 Å². The SMILES string of the molecule is CCCCN(CC(N)=O)C(=O)Cc1ccc(C)cc1. The minimum absolute atomic E-state index is 0.00466. The van der Waals surface area contributed by atoms with Crippen LogP contribution in [-0.4, -0.2) is 29.8 Å². The van der Waals surface area contributed by atoms with Crippen LogP contribution in [0.1, 0.15) is 30.9 Å². The van der Waals surface area contributed by atoms with Gasteiger partial charge in [0.1, 0.15) is 0 Å². The van der Waals surface area contributed by atoms with Crippen molar-refractivity contribution in [1.29, 1.82) is 0 Å². The molecule has 19 heavy (non-hydrogen) atoms. The number of nitrogens with zero attached hydrogens (tertiary/aromatic N) is 1. The average Bonchev–Trinajstić information content (AvgIpc) is 2.36. The van der Waals surface area contributed by atoms with Crippen molar-refractivity contribution in [2.75, 3.05) is 13.1 Å². The summed E-state index contributed by atoms with van der Waals surface area (Å²) < 4.78 is 0. The van der Waals surface area contributed by atoms with E-state index in [0.717, 1.165) is 24.0 Å². The maximum Gasteiger partial charge on any atom is 0.237 e. The maximum absolute atomic E-state index is 12.2. The van der Waals surface area contributed by atoms with Crippen molar-refractivity contribution in [2.45, 2.75) is 33.1 Å². The number of primary amides is 1. The Bertz CT molecular complexity index is 426. The average molecular weight is 262 g/mol. The van der Waals surface area contributed by atoms with Crippen molar-refractivity contribution in [3.8, 4) is 0 Å². The van der Waals surface area contributed by atoms with Crippen LogP contribution in [0.3, 0.4) is 0 Å². The summed E-state index contributed by atoms with van der Waals surface area (Å²) in [6, 6.07) is 7.84. The van der Waals surface area contributed by atoms with Gasteiger partial charge in [-0.05, 0) is 18.9 Å². The normalized spacial score (nSPS) is 10.2. The molecule has 0 saturated heterocycles. The molecule has 0 fully saturated rings. The summed E-state index contributed by atoms with van der Waals surface area (Å²) in [7, 11) is 0. The molecule has 0 saturated carbocycles. The molecule has 0 heterocycles. The molecule has 0 aromatic heterocycles. The highest BCUT2D eigenvalue weighted by molar-refractivity contribution is 5.85. The summed E-state index contributed by atoms with van der Waals surface area (Å²) >= 11 is 0. The molecule has 2 N–H and O–H groups in total. The topological polar surface area (TPSA) is 63.4 Å². The fourth-order valence-corrected chi connectivity index (χ4v) is 1.82. The summed E-state index contributed by atoms with van der Waals surface area (Å²) in [6.07, 6.45) is 2.18. The number of rotatable bonds is 7. The largest absolute Gasteiger partial charge is 0.368 e. The summed E-state index contributed by atoms with van der Waals surface area (Å²) in [5.74, 6) is -0.510. The molecule has 0 aliphatic heterocycles. The molecular formula is C15H22N2O2. The highest BCUT2D eigenvalue weighted by atomic mass is 16.2. The summed E-state index contributed by atoms with van der Waals surface area (Å²) in [5.41, 5.74) is 7.31. The molecule has 0 unspecified atom stereocenters. The van der Waals surface area contributed by atoms with Crippen LogP contribution < -0.4 is 5.73 Å². The molecule has 1 aromatic rings. The number of aryl methyl sites for hydroxylation is 1. The van der Waals surface area contributed by atoms with Crippen molar-refractivity contribution in [2.24, 2.45) is 5.73 Å². The van der Waals surface area contributed by atoms with Gasteiger partial charge in [-0.3, -0.25) is 9.59 Å². The van der Waals surface area contributed by atoms with Gasteiger partial charge in [-0.2, -0.15) is 0 Å². The van der Waals surface area contributed by atoms with Crippen molar-refractivity contribution in [3.05, 3.63) is 35.4 Å². The zero-order valence-corrected chi connectivity index (χ0v) is 11.7. The first-order chi connectivity index (χ1) is 9.02. The second kappa shape index (κ2) is 7.56. The molecule has 0 atom stereocenters. The van der Waals surface area contributed by atoms with Crippen LogP contribution in [0.5, 0.6) is 0 Å². The van der Waals surface area contributed by atoms with E-state index in [-0.39, 0.29) is 12.5 Å². The number of amides is 2. The van der Waals surface area contributed by atoms with E-state index < -0.39 is 5.91 Å². The number of carbonyl (C=O) groups excluding carboxylic acids is 2. The lowest BCUT2D eigenvalue weighted by Gasteiger charge is -2.21. The Kier molecular flexibility index (Phi) is 6.06. The monoisotopic (exact) mass is 262 g/mol. The number of unbranched alkanes of at least 4 members (excludes halogenated alkanes) is 1. The predicted octanol–water partition coefficient (Wildman–Crippen LogP) is 1.65. The predicted molar refractivity (Wildman–Crippen MR) is 75.6 cm³/mol. The molecule has 0 bridgehead atoms. The van der Waals surface area contributed by atoms with E-state index in [1.165, 1.54) is 0 Å². The fraction of sp³-hybridized carbons (Fsp3) is 0.467. The van der Waals surface area contributed by atoms with E-state index in [1.807, 2.05) is 38.1 Å². The van der Waals surface area contributed by atoms with E-state index in [1.54, 1.807) is 4.90 Å². The quantitative estimate of drug-likeness (QED) is 0.812. The Morgan fingerprint density at radius 3 is 2.37 bits per heavy atom. The van der Waals surface area contributed by atoms with Gasteiger partial charge in [0.15, 0.2) is 0 Å².